The first kappa shape index (κ1) is 10.9. The Morgan fingerprint density at radius 1 is 1.25 bits per heavy atom. The molecule has 0 unspecified atom stereocenters. The summed E-state index contributed by atoms with van der Waals surface area (Å²) in [5.41, 5.74) is 2.39. The van der Waals surface area contributed by atoms with Crippen molar-refractivity contribution >= 4 is 11.6 Å². The standard InChI is InChI=1S/C12H11ClN2O/c1-8-12(13)14-7-10(15-8)9-5-3-4-6-11(9)16-2/h3-7H,1-2H3. The first-order valence-corrected chi connectivity index (χ1v) is 5.22. The maximum atomic E-state index is 5.84. The van der Waals surface area contributed by atoms with Crippen LogP contribution in [0.2, 0.25) is 5.15 Å². The van der Waals surface area contributed by atoms with Crippen molar-refractivity contribution < 1.29 is 4.74 Å². The molecular weight excluding hydrogens is 224 g/mol. The minimum Gasteiger partial charge on any atom is -0.496 e. The molecule has 1 aromatic carbocycles. The van der Waals surface area contributed by atoms with Gasteiger partial charge in [-0.1, -0.05) is 23.7 Å². The van der Waals surface area contributed by atoms with Crippen LogP contribution < -0.4 is 4.74 Å². The Hall–Kier alpha value is -1.61. The summed E-state index contributed by atoms with van der Waals surface area (Å²) in [5, 5.41) is 0.429. The van der Waals surface area contributed by atoms with Gasteiger partial charge in [-0.05, 0) is 19.1 Å². The van der Waals surface area contributed by atoms with Crippen LogP contribution in [-0.4, -0.2) is 17.1 Å². The molecule has 0 N–H and O–H groups in total. The molecule has 0 spiro atoms. The number of nitrogens with zero attached hydrogens (tertiary/aromatic N) is 2. The van der Waals surface area contributed by atoms with Crippen molar-refractivity contribution in [2.75, 3.05) is 7.11 Å². The fraction of sp³-hybridized carbons (Fsp3) is 0.167. The van der Waals surface area contributed by atoms with Gasteiger partial charge in [-0.3, -0.25) is 0 Å². The summed E-state index contributed by atoms with van der Waals surface area (Å²) in [6.07, 6.45) is 1.65. The Balaban J connectivity index is 2.54. The second-order valence-corrected chi connectivity index (χ2v) is 3.69. The van der Waals surface area contributed by atoms with E-state index >= 15 is 0 Å². The highest BCUT2D eigenvalue weighted by Crippen LogP contribution is 2.28. The van der Waals surface area contributed by atoms with E-state index in [2.05, 4.69) is 9.97 Å². The lowest BCUT2D eigenvalue weighted by molar-refractivity contribution is 0.416. The molecule has 1 aromatic heterocycles. The van der Waals surface area contributed by atoms with Crippen LogP contribution in [0, 0.1) is 6.92 Å². The Labute approximate surface area is 99.1 Å². The fourth-order valence-corrected chi connectivity index (χ4v) is 1.54. The van der Waals surface area contributed by atoms with E-state index in [1.54, 1.807) is 13.3 Å². The number of hydrogen-bond acceptors (Lipinski definition) is 3. The third-order valence-corrected chi connectivity index (χ3v) is 2.64. The zero-order chi connectivity index (χ0) is 11.5. The van der Waals surface area contributed by atoms with Crippen LogP contribution in [0.5, 0.6) is 5.75 Å². The Morgan fingerprint density at radius 3 is 2.69 bits per heavy atom. The van der Waals surface area contributed by atoms with Gasteiger partial charge in [0.2, 0.25) is 0 Å². The number of halogens is 1. The minimum absolute atomic E-state index is 0.429. The van der Waals surface area contributed by atoms with E-state index in [0.717, 1.165) is 17.0 Å². The summed E-state index contributed by atoms with van der Waals surface area (Å²) < 4.78 is 5.27. The third kappa shape index (κ3) is 1.99. The highest BCUT2D eigenvalue weighted by atomic mass is 35.5. The molecule has 0 saturated heterocycles. The third-order valence-electron chi connectivity index (χ3n) is 2.27. The fourth-order valence-electron chi connectivity index (χ4n) is 1.45. The second-order valence-electron chi connectivity index (χ2n) is 3.33. The van der Waals surface area contributed by atoms with Gasteiger partial charge in [0.1, 0.15) is 10.9 Å². The number of aryl methyl sites for hydroxylation is 1. The topological polar surface area (TPSA) is 35.0 Å². The first-order valence-electron chi connectivity index (χ1n) is 4.85. The van der Waals surface area contributed by atoms with E-state index < -0.39 is 0 Å². The Morgan fingerprint density at radius 2 is 2.00 bits per heavy atom. The van der Waals surface area contributed by atoms with Crippen LogP contribution in [0.3, 0.4) is 0 Å². The van der Waals surface area contributed by atoms with Gasteiger partial charge >= 0.3 is 0 Å². The van der Waals surface area contributed by atoms with Crippen LogP contribution in [0.4, 0.5) is 0 Å². The molecular formula is C12H11ClN2O. The van der Waals surface area contributed by atoms with Gasteiger partial charge in [-0.2, -0.15) is 0 Å². The molecule has 3 nitrogen and oxygen atoms in total. The summed E-state index contributed by atoms with van der Waals surface area (Å²) in [4.78, 5) is 8.45. The predicted octanol–water partition coefficient (Wildman–Crippen LogP) is 3.11. The van der Waals surface area contributed by atoms with Crippen LogP contribution in [-0.2, 0) is 0 Å². The number of aromatic nitrogens is 2. The molecule has 82 valence electrons. The first-order chi connectivity index (χ1) is 7.72. The lowest BCUT2D eigenvalue weighted by Crippen LogP contribution is -1.93. The van der Waals surface area contributed by atoms with Crippen molar-refractivity contribution in [2.24, 2.45) is 0 Å². The van der Waals surface area contributed by atoms with Gasteiger partial charge in [0.25, 0.3) is 0 Å². The molecule has 1 heterocycles. The van der Waals surface area contributed by atoms with Crippen LogP contribution in [0.15, 0.2) is 30.5 Å². The predicted molar refractivity (Wildman–Crippen MR) is 63.8 cm³/mol. The lowest BCUT2D eigenvalue weighted by Gasteiger charge is -2.07. The number of rotatable bonds is 2. The average Bonchev–Trinajstić information content (AvgIpc) is 2.32. The number of hydrogen-bond donors (Lipinski definition) is 0. The van der Waals surface area contributed by atoms with E-state index in [1.807, 2.05) is 31.2 Å². The van der Waals surface area contributed by atoms with Gasteiger partial charge in [-0.25, -0.2) is 9.97 Å². The molecule has 16 heavy (non-hydrogen) atoms. The summed E-state index contributed by atoms with van der Waals surface area (Å²) in [6, 6.07) is 7.68. The molecule has 0 radical (unpaired) electrons. The summed E-state index contributed by atoms with van der Waals surface area (Å²) in [7, 11) is 1.63. The number of methoxy groups -OCH3 is 1. The maximum Gasteiger partial charge on any atom is 0.150 e. The number of para-hydroxylation sites is 1. The molecule has 0 saturated carbocycles. The maximum absolute atomic E-state index is 5.84. The summed E-state index contributed by atoms with van der Waals surface area (Å²) in [6.45, 7) is 1.83. The zero-order valence-electron chi connectivity index (χ0n) is 9.07. The zero-order valence-corrected chi connectivity index (χ0v) is 9.82. The molecule has 2 rings (SSSR count). The van der Waals surface area contributed by atoms with Crippen molar-refractivity contribution in [1.29, 1.82) is 0 Å². The van der Waals surface area contributed by atoms with Crippen molar-refractivity contribution in [1.82, 2.24) is 9.97 Å². The van der Waals surface area contributed by atoms with Gasteiger partial charge in [-0.15, -0.1) is 0 Å². The Kier molecular flexibility index (Phi) is 3.06. The van der Waals surface area contributed by atoms with Crippen molar-refractivity contribution in [3.05, 3.63) is 41.3 Å². The van der Waals surface area contributed by atoms with E-state index in [-0.39, 0.29) is 0 Å². The molecule has 0 amide bonds. The van der Waals surface area contributed by atoms with Gasteiger partial charge < -0.3 is 4.74 Å². The Bertz CT molecular complexity index is 514. The van der Waals surface area contributed by atoms with E-state index in [9.17, 15) is 0 Å². The van der Waals surface area contributed by atoms with E-state index in [4.69, 9.17) is 16.3 Å². The van der Waals surface area contributed by atoms with E-state index in [1.165, 1.54) is 0 Å². The van der Waals surface area contributed by atoms with Gasteiger partial charge in [0.05, 0.1) is 24.7 Å². The number of ether oxygens (including phenoxy) is 1. The SMILES string of the molecule is COc1ccccc1-c1cnc(Cl)c(C)n1. The summed E-state index contributed by atoms with van der Waals surface area (Å²) >= 11 is 5.84. The van der Waals surface area contributed by atoms with Crippen LogP contribution in [0.25, 0.3) is 11.3 Å². The monoisotopic (exact) mass is 234 g/mol. The lowest BCUT2D eigenvalue weighted by atomic mass is 10.1. The second kappa shape index (κ2) is 4.49. The minimum atomic E-state index is 0.429. The average molecular weight is 235 g/mol. The van der Waals surface area contributed by atoms with Crippen molar-refractivity contribution in [3.8, 4) is 17.0 Å². The quantitative estimate of drug-likeness (QED) is 0.801. The molecule has 0 atom stereocenters. The van der Waals surface area contributed by atoms with Crippen molar-refractivity contribution in [3.63, 3.8) is 0 Å². The van der Waals surface area contributed by atoms with E-state index in [0.29, 0.717) is 10.8 Å². The highest BCUT2D eigenvalue weighted by Gasteiger charge is 2.08. The molecule has 0 aliphatic rings. The molecule has 0 bridgehead atoms. The molecule has 0 fully saturated rings. The van der Waals surface area contributed by atoms with Crippen LogP contribution >= 0.6 is 11.6 Å². The molecule has 2 aromatic rings. The normalized spacial score (nSPS) is 10.2. The number of benzene rings is 1. The molecule has 0 aliphatic heterocycles. The molecule has 4 heteroatoms. The van der Waals surface area contributed by atoms with Crippen molar-refractivity contribution in [2.45, 2.75) is 6.92 Å². The van der Waals surface area contributed by atoms with Gasteiger partial charge in [0.15, 0.2) is 0 Å². The highest BCUT2D eigenvalue weighted by molar-refractivity contribution is 6.29. The largest absolute Gasteiger partial charge is 0.496 e. The smallest absolute Gasteiger partial charge is 0.150 e. The van der Waals surface area contributed by atoms with Crippen LogP contribution in [0.1, 0.15) is 5.69 Å². The van der Waals surface area contributed by atoms with Gasteiger partial charge in [0, 0.05) is 5.56 Å². The summed E-state index contributed by atoms with van der Waals surface area (Å²) in [5.74, 6) is 0.776. The molecule has 0 aliphatic carbocycles.